The molecule has 1 heteroatoms. The van der Waals surface area contributed by atoms with Gasteiger partial charge in [-0.25, -0.2) is 0 Å². The van der Waals surface area contributed by atoms with Crippen LogP contribution in [0.1, 0.15) is 149 Å². The van der Waals surface area contributed by atoms with Gasteiger partial charge in [0, 0.05) is 6.61 Å². The van der Waals surface area contributed by atoms with Gasteiger partial charge >= 0.3 is 0 Å². The first-order chi connectivity index (χ1) is 16.2. The van der Waals surface area contributed by atoms with Crippen molar-refractivity contribution in [3.05, 3.63) is 0 Å². The van der Waals surface area contributed by atoms with Crippen LogP contribution in [-0.2, 0) is 0 Å². The maximum absolute atomic E-state index is 9.07. The molecule has 4 unspecified atom stereocenters. The number of aliphatic hydroxyl groups excluding tert-OH is 1. The fourth-order valence-corrected chi connectivity index (χ4v) is 8.64. The van der Waals surface area contributed by atoms with Crippen molar-refractivity contribution in [3.8, 4) is 0 Å². The van der Waals surface area contributed by atoms with Crippen molar-refractivity contribution in [1.29, 1.82) is 0 Å². The lowest BCUT2D eigenvalue weighted by molar-refractivity contribution is 0.0511. The topological polar surface area (TPSA) is 20.2 Å². The zero-order valence-electron chi connectivity index (χ0n) is 22.9. The summed E-state index contributed by atoms with van der Waals surface area (Å²) in [6.45, 7) is 7.66. The van der Waals surface area contributed by atoms with Gasteiger partial charge in [0.25, 0.3) is 0 Å². The molecule has 1 N–H and O–H groups in total. The van der Waals surface area contributed by atoms with E-state index >= 15 is 0 Å². The van der Waals surface area contributed by atoms with Crippen molar-refractivity contribution in [2.75, 3.05) is 6.61 Å². The predicted octanol–water partition coefficient (Wildman–Crippen LogP) is 9.81. The van der Waals surface area contributed by atoms with Gasteiger partial charge in [0.05, 0.1) is 0 Å². The van der Waals surface area contributed by atoms with Gasteiger partial charge < -0.3 is 5.11 Å². The maximum Gasteiger partial charge on any atom is 0.0431 e. The first kappa shape index (κ1) is 27.5. The van der Waals surface area contributed by atoms with Gasteiger partial charge in [0.1, 0.15) is 0 Å². The van der Waals surface area contributed by atoms with E-state index in [2.05, 4.69) is 20.8 Å². The number of rotatable bonds is 13. The lowest BCUT2D eigenvalue weighted by Crippen LogP contribution is -2.35. The molecule has 3 aliphatic rings. The Kier molecular flexibility index (Phi) is 12.7. The van der Waals surface area contributed by atoms with E-state index in [1.165, 1.54) is 77.0 Å². The molecule has 3 saturated carbocycles. The van der Waals surface area contributed by atoms with Crippen molar-refractivity contribution in [1.82, 2.24) is 0 Å². The SMILES string of the molecule is CCCCC(CC)CC1CCC(C2CCC(C3CCC(CCCCO)CC3)C(CC)C2)CC1. The van der Waals surface area contributed by atoms with Crippen molar-refractivity contribution < 1.29 is 5.11 Å². The van der Waals surface area contributed by atoms with Crippen LogP contribution in [0.15, 0.2) is 0 Å². The lowest BCUT2D eigenvalue weighted by atomic mass is 9.60. The molecule has 0 aromatic rings. The second kappa shape index (κ2) is 15.2. The minimum Gasteiger partial charge on any atom is -0.396 e. The van der Waals surface area contributed by atoms with Crippen LogP contribution >= 0.6 is 0 Å². The number of unbranched alkanes of at least 4 members (excludes halogenated alkanes) is 2. The molecule has 3 fully saturated rings. The smallest absolute Gasteiger partial charge is 0.0431 e. The minimum atomic E-state index is 0.386. The van der Waals surface area contributed by atoms with Gasteiger partial charge in [-0.15, -0.1) is 0 Å². The molecule has 1 nitrogen and oxygen atoms in total. The Balaban J connectivity index is 1.39. The first-order valence-electron chi connectivity index (χ1n) is 15.8. The largest absolute Gasteiger partial charge is 0.396 e. The Morgan fingerprint density at radius 1 is 0.697 bits per heavy atom. The highest BCUT2D eigenvalue weighted by molar-refractivity contribution is 4.89. The molecule has 0 amide bonds. The Morgan fingerprint density at radius 2 is 1.36 bits per heavy atom. The molecule has 0 aromatic heterocycles. The Bertz CT molecular complexity index is 485. The van der Waals surface area contributed by atoms with Gasteiger partial charge in [-0.3, -0.25) is 0 Å². The molecule has 194 valence electrons. The van der Waals surface area contributed by atoms with Crippen LogP contribution < -0.4 is 0 Å². The summed E-state index contributed by atoms with van der Waals surface area (Å²) >= 11 is 0. The number of aliphatic hydroxyl groups is 1. The van der Waals surface area contributed by atoms with E-state index in [0.717, 1.165) is 53.8 Å². The van der Waals surface area contributed by atoms with Crippen molar-refractivity contribution in [3.63, 3.8) is 0 Å². The van der Waals surface area contributed by atoms with Crippen LogP contribution in [0, 0.1) is 47.3 Å². The highest BCUT2D eigenvalue weighted by Crippen LogP contribution is 2.50. The van der Waals surface area contributed by atoms with E-state index in [1.54, 1.807) is 44.9 Å². The third-order valence-corrected chi connectivity index (χ3v) is 10.9. The average Bonchev–Trinajstić information content (AvgIpc) is 2.87. The molecule has 0 aromatic carbocycles. The first-order valence-corrected chi connectivity index (χ1v) is 15.8. The molecule has 0 radical (unpaired) electrons. The van der Waals surface area contributed by atoms with Crippen molar-refractivity contribution >= 4 is 0 Å². The van der Waals surface area contributed by atoms with Crippen LogP contribution in [0.4, 0.5) is 0 Å². The third kappa shape index (κ3) is 8.54. The third-order valence-electron chi connectivity index (χ3n) is 10.9. The van der Waals surface area contributed by atoms with Gasteiger partial charge in [-0.1, -0.05) is 91.4 Å². The highest BCUT2D eigenvalue weighted by atomic mass is 16.2. The van der Waals surface area contributed by atoms with Gasteiger partial charge in [-0.2, -0.15) is 0 Å². The summed E-state index contributed by atoms with van der Waals surface area (Å²) < 4.78 is 0. The van der Waals surface area contributed by atoms with Crippen molar-refractivity contribution in [2.45, 2.75) is 149 Å². The quantitative estimate of drug-likeness (QED) is 0.271. The molecular weight excluding hydrogens is 400 g/mol. The van der Waals surface area contributed by atoms with Crippen LogP contribution in [0.2, 0.25) is 0 Å². The summed E-state index contributed by atoms with van der Waals surface area (Å²) in [4.78, 5) is 0. The van der Waals surface area contributed by atoms with Crippen LogP contribution in [-0.4, -0.2) is 11.7 Å². The fraction of sp³-hybridized carbons (Fsp3) is 1.00. The van der Waals surface area contributed by atoms with Crippen molar-refractivity contribution in [2.24, 2.45) is 47.3 Å². The molecule has 0 spiro atoms. The van der Waals surface area contributed by atoms with Crippen LogP contribution in [0.5, 0.6) is 0 Å². The fourth-order valence-electron chi connectivity index (χ4n) is 8.64. The van der Waals surface area contributed by atoms with E-state index in [9.17, 15) is 0 Å². The summed E-state index contributed by atoms with van der Waals surface area (Å²) in [5.41, 5.74) is 0. The maximum atomic E-state index is 9.07. The molecule has 33 heavy (non-hydrogen) atoms. The predicted molar refractivity (Wildman–Crippen MR) is 144 cm³/mol. The van der Waals surface area contributed by atoms with Crippen LogP contribution in [0.3, 0.4) is 0 Å². The molecule has 3 rings (SSSR count). The second-order valence-electron chi connectivity index (χ2n) is 12.8. The Hall–Kier alpha value is -0.0400. The van der Waals surface area contributed by atoms with E-state index in [-0.39, 0.29) is 0 Å². The lowest BCUT2D eigenvalue weighted by Gasteiger charge is -2.45. The molecule has 0 heterocycles. The molecule has 0 bridgehead atoms. The van der Waals surface area contributed by atoms with E-state index in [0.29, 0.717) is 6.61 Å². The zero-order chi connectivity index (χ0) is 23.5. The summed E-state index contributed by atoms with van der Waals surface area (Å²) in [6.07, 6.45) is 29.2. The molecular formula is C32H60O. The van der Waals surface area contributed by atoms with Gasteiger partial charge in [-0.05, 0) is 105 Å². The molecule has 0 saturated heterocycles. The zero-order valence-corrected chi connectivity index (χ0v) is 22.9. The molecule has 0 aliphatic heterocycles. The minimum absolute atomic E-state index is 0.386. The molecule has 4 atom stereocenters. The monoisotopic (exact) mass is 460 g/mol. The Morgan fingerprint density at radius 3 is 2.00 bits per heavy atom. The normalized spacial score (nSPS) is 36.5. The summed E-state index contributed by atoms with van der Waals surface area (Å²) in [5.74, 6) is 8.26. The van der Waals surface area contributed by atoms with Gasteiger partial charge in [0.2, 0.25) is 0 Å². The summed E-state index contributed by atoms with van der Waals surface area (Å²) in [6, 6.07) is 0. The van der Waals surface area contributed by atoms with E-state index in [1.807, 2.05) is 0 Å². The Labute approximate surface area is 208 Å². The summed E-state index contributed by atoms with van der Waals surface area (Å²) in [7, 11) is 0. The standard InChI is InChI=1S/C32H60O/c1-4-7-10-25(5-2)23-27-14-16-29(17-15-27)31-20-21-32(28(6-3)24-31)30-18-12-26(13-19-30)11-8-9-22-33/h25-33H,4-24H2,1-3H3. The molecule has 3 aliphatic carbocycles. The van der Waals surface area contributed by atoms with E-state index < -0.39 is 0 Å². The number of hydrogen-bond acceptors (Lipinski definition) is 1. The van der Waals surface area contributed by atoms with Gasteiger partial charge in [0.15, 0.2) is 0 Å². The van der Waals surface area contributed by atoms with E-state index in [4.69, 9.17) is 5.11 Å². The van der Waals surface area contributed by atoms with Crippen LogP contribution in [0.25, 0.3) is 0 Å². The highest BCUT2D eigenvalue weighted by Gasteiger charge is 2.39. The average molecular weight is 461 g/mol. The number of hydrogen-bond donors (Lipinski definition) is 1. The summed E-state index contributed by atoms with van der Waals surface area (Å²) in [5, 5.41) is 9.07. The second-order valence-corrected chi connectivity index (χ2v) is 12.8.